The first kappa shape index (κ1) is 15.0. The molecular weight excluding hydrogens is 222 g/mol. The highest BCUT2D eigenvalue weighted by atomic mass is 15.3. The third-order valence-electron chi connectivity index (χ3n) is 2.82. The van der Waals surface area contributed by atoms with E-state index in [0.717, 1.165) is 13.0 Å². The van der Waals surface area contributed by atoms with Gasteiger partial charge >= 0.3 is 0 Å². The van der Waals surface area contributed by atoms with Gasteiger partial charge in [-0.15, -0.1) is 0 Å². The highest BCUT2D eigenvalue weighted by Gasteiger charge is 2.09. The van der Waals surface area contributed by atoms with E-state index in [1.54, 1.807) is 0 Å². The first-order chi connectivity index (χ1) is 8.31. The van der Waals surface area contributed by atoms with Gasteiger partial charge in [-0.2, -0.15) is 5.10 Å². The van der Waals surface area contributed by atoms with Crippen LogP contribution >= 0.6 is 0 Å². The summed E-state index contributed by atoms with van der Waals surface area (Å²) in [7, 11) is 0. The lowest BCUT2D eigenvalue weighted by Gasteiger charge is -2.21. The number of aromatic nitrogens is 2. The first-order valence-corrected chi connectivity index (χ1v) is 6.80. The maximum absolute atomic E-state index is 4.36. The number of hydrogen-bond donors (Lipinski definition) is 1. The second kappa shape index (κ2) is 6.19. The molecule has 0 aliphatic rings. The van der Waals surface area contributed by atoms with Gasteiger partial charge in [0, 0.05) is 29.9 Å². The summed E-state index contributed by atoms with van der Waals surface area (Å²) in [5.41, 5.74) is 2.76. The molecule has 0 aliphatic carbocycles. The Hall–Kier alpha value is -1.09. The molecule has 0 aliphatic heterocycles. The summed E-state index contributed by atoms with van der Waals surface area (Å²) < 4.78 is 2.00. The van der Waals surface area contributed by atoms with E-state index in [-0.39, 0.29) is 5.54 Å². The highest BCUT2D eigenvalue weighted by Crippen LogP contribution is 2.12. The van der Waals surface area contributed by atoms with Crippen LogP contribution in [0.2, 0.25) is 0 Å². The van der Waals surface area contributed by atoms with E-state index in [9.17, 15) is 0 Å². The molecule has 102 valence electrons. The Morgan fingerprint density at radius 1 is 1.44 bits per heavy atom. The maximum atomic E-state index is 4.36. The highest BCUT2D eigenvalue weighted by molar-refractivity contribution is 5.51. The largest absolute Gasteiger partial charge is 0.308 e. The Kier molecular flexibility index (Phi) is 5.15. The molecule has 1 aromatic rings. The minimum Gasteiger partial charge on any atom is -0.308 e. The van der Waals surface area contributed by atoms with Gasteiger partial charge in [0.25, 0.3) is 0 Å². The molecule has 0 bridgehead atoms. The van der Waals surface area contributed by atoms with E-state index in [2.05, 4.69) is 64.2 Å². The van der Waals surface area contributed by atoms with E-state index in [1.807, 2.05) is 10.9 Å². The zero-order chi connectivity index (χ0) is 13.8. The first-order valence-electron chi connectivity index (χ1n) is 6.80. The van der Waals surface area contributed by atoms with E-state index in [0.29, 0.717) is 6.04 Å². The summed E-state index contributed by atoms with van der Waals surface area (Å²) >= 11 is 0. The average Bonchev–Trinajstić information content (AvgIpc) is 2.71. The van der Waals surface area contributed by atoms with Crippen LogP contribution in [-0.2, 0) is 0 Å². The van der Waals surface area contributed by atoms with Crippen molar-refractivity contribution in [1.29, 1.82) is 0 Å². The summed E-state index contributed by atoms with van der Waals surface area (Å²) in [4.78, 5) is 0. The lowest BCUT2D eigenvalue weighted by atomic mass is 10.1. The van der Waals surface area contributed by atoms with Crippen molar-refractivity contribution in [2.45, 2.75) is 59.5 Å². The van der Waals surface area contributed by atoms with Gasteiger partial charge < -0.3 is 5.32 Å². The van der Waals surface area contributed by atoms with Crippen LogP contribution in [0, 0.1) is 0 Å². The van der Waals surface area contributed by atoms with Gasteiger partial charge in [0.15, 0.2) is 0 Å². The number of rotatable bonds is 5. The normalized spacial score (nSPS) is 13.4. The summed E-state index contributed by atoms with van der Waals surface area (Å²) in [5.74, 6) is 0. The minimum absolute atomic E-state index is 0.163. The van der Waals surface area contributed by atoms with Crippen molar-refractivity contribution >= 4 is 6.08 Å². The Balaban J connectivity index is 2.71. The average molecular weight is 249 g/mol. The predicted octanol–water partition coefficient (Wildman–Crippen LogP) is 3.65. The van der Waals surface area contributed by atoms with Gasteiger partial charge in [-0.05, 0) is 41.0 Å². The topological polar surface area (TPSA) is 29.9 Å². The zero-order valence-corrected chi connectivity index (χ0v) is 12.6. The number of nitrogens with zero attached hydrogens (tertiary/aromatic N) is 2. The molecule has 3 heteroatoms. The molecule has 1 N–H and O–H groups in total. The van der Waals surface area contributed by atoms with E-state index in [1.165, 1.54) is 11.1 Å². The Morgan fingerprint density at radius 2 is 2.11 bits per heavy atom. The minimum atomic E-state index is 0.163. The smallest absolute Gasteiger partial charge is 0.0562 e. The quantitative estimate of drug-likeness (QED) is 0.863. The van der Waals surface area contributed by atoms with Crippen LogP contribution in [-0.4, -0.2) is 21.9 Å². The van der Waals surface area contributed by atoms with Crippen LogP contribution in [0.4, 0.5) is 0 Å². The fraction of sp³-hybridized carbons (Fsp3) is 0.667. The van der Waals surface area contributed by atoms with Crippen LogP contribution in [0.5, 0.6) is 0 Å². The molecular formula is C15H27N3. The van der Waals surface area contributed by atoms with Crippen LogP contribution < -0.4 is 5.32 Å². The number of hydrogen-bond acceptors (Lipinski definition) is 2. The SMILES string of the molecule is CCC(=Cc1cnn(C(C)C)c1)CNC(C)(C)C. The second-order valence-corrected chi connectivity index (χ2v) is 6.11. The fourth-order valence-corrected chi connectivity index (χ4v) is 1.60. The molecule has 18 heavy (non-hydrogen) atoms. The van der Waals surface area contributed by atoms with Crippen LogP contribution in [0.15, 0.2) is 18.0 Å². The molecule has 0 fully saturated rings. The van der Waals surface area contributed by atoms with Crippen LogP contribution in [0.25, 0.3) is 6.08 Å². The summed E-state index contributed by atoms with van der Waals surface area (Å²) in [6.45, 7) is 14.0. The molecule has 0 atom stereocenters. The molecule has 3 nitrogen and oxygen atoms in total. The molecule has 0 amide bonds. The molecule has 0 spiro atoms. The summed E-state index contributed by atoms with van der Waals surface area (Å²) in [6, 6.07) is 0.421. The van der Waals surface area contributed by atoms with Crippen molar-refractivity contribution in [1.82, 2.24) is 15.1 Å². The second-order valence-electron chi connectivity index (χ2n) is 6.11. The van der Waals surface area contributed by atoms with Crippen molar-refractivity contribution < 1.29 is 0 Å². The Labute approximate surface area is 111 Å². The molecule has 0 saturated heterocycles. The van der Waals surface area contributed by atoms with Crippen LogP contribution in [0.1, 0.15) is 59.6 Å². The van der Waals surface area contributed by atoms with Gasteiger partial charge in [-0.3, -0.25) is 4.68 Å². The van der Waals surface area contributed by atoms with E-state index in [4.69, 9.17) is 0 Å². The van der Waals surface area contributed by atoms with Gasteiger partial charge in [-0.25, -0.2) is 0 Å². The molecule has 0 radical (unpaired) electrons. The standard InChI is InChI=1S/C15H27N3/c1-7-13(9-16-15(4,5)6)8-14-10-17-18(11-14)12(2)3/h8,10-12,16H,7,9H2,1-6H3. The lowest BCUT2D eigenvalue weighted by Crippen LogP contribution is -2.36. The Morgan fingerprint density at radius 3 is 2.56 bits per heavy atom. The molecule has 0 saturated carbocycles. The monoisotopic (exact) mass is 249 g/mol. The Bertz CT molecular complexity index is 394. The van der Waals surface area contributed by atoms with Gasteiger partial charge in [0.05, 0.1) is 6.20 Å². The molecule has 1 heterocycles. The molecule has 1 aromatic heterocycles. The van der Waals surface area contributed by atoms with Gasteiger partial charge in [0.2, 0.25) is 0 Å². The summed E-state index contributed by atoms with van der Waals surface area (Å²) in [5, 5.41) is 7.89. The third kappa shape index (κ3) is 5.05. The molecule has 1 rings (SSSR count). The zero-order valence-electron chi connectivity index (χ0n) is 12.6. The van der Waals surface area contributed by atoms with Gasteiger partial charge in [0.1, 0.15) is 0 Å². The lowest BCUT2D eigenvalue weighted by molar-refractivity contribution is 0.443. The van der Waals surface area contributed by atoms with Crippen molar-refractivity contribution in [2.75, 3.05) is 6.54 Å². The number of nitrogens with one attached hydrogen (secondary N) is 1. The van der Waals surface area contributed by atoms with E-state index >= 15 is 0 Å². The molecule has 0 unspecified atom stereocenters. The molecule has 0 aromatic carbocycles. The fourth-order valence-electron chi connectivity index (χ4n) is 1.60. The van der Waals surface area contributed by atoms with Crippen molar-refractivity contribution in [3.8, 4) is 0 Å². The summed E-state index contributed by atoms with van der Waals surface area (Å²) in [6.07, 6.45) is 7.35. The van der Waals surface area contributed by atoms with Crippen molar-refractivity contribution in [2.24, 2.45) is 0 Å². The van der Waals surface area contributed by atoms with E-state index < -0.39 is 0 Å². The van der Waals surface area contributed by atoms with Crippen molar-refractivity contribution in [3.63, 3.8) is 0 Å². The van der Waals surface area contributed by atoms with Crippen molar-refractivity contribution in [3.05, 3.63) is 23.5 Å². The predicted molar refractivity (Wildman–Crippen MR) is 78.6 cm³/mol. The third-order valence-corrected chi connectivity index (χ3v) is 2.82. The van der Waals surface area contributed by atoms with Crippen LogP contribution in [0.3, 0.4) is 0 Å². The maximum Gasteiger partial charge on any atom is 0.0562 e. The van der Waals surface area contributed by atoms with Gasteiger partial charge in [-0.1, -0.05) is 18.6 Å².